The first-order valence-electron chi connectivity index (χ1n) is 10.4. The summed E-state index contributed by atoms with van der Waals surface area (Å²) in [7, 11) is 0. The van der Waals surface area contributed by atoms with Crippen molar-refractivity contribution < 1.29 is 14.3 Å². The van der Waals surface area contributed by atoms with Gasteiger partial charge in [0.25, 0.3) is 0 Å². The van der Waals surface area contributed by atoms with Crippen molar-refractivity contribution in [3.8, 4) is 5.69 Å². The van der Waals surface area contributed by atoms with Gasteiger partial charge >= 0.3 is 17.2 Å². The second kappa shape index (κ2) is 9.63. The summed E-state index contributed by atoms with van der Waals surface area (Å²) >= 11 is 0. The number of carbonyl (C=O) groups is 2. The Bertz CT molecular complexity index is 1060. The molecule has 0 spiro atoms. The van der Waals surface area contributed by atoms with E-state index in [1.165, 1.54) is 17.0 Å². The van der Waals surface area contributed by atoms with Crippen molar-refractivity contribution in [1.29, 1.82) is 0 Å². The van der Waals surface area contributed by atoms with Crippen LogP contribution in [-0.2, 0) is 16.1 Å². The number of rotatable bonds is 5. The van der Waals surface area contributed by atoms with Gasteiger partial charge in [-0.25, -0.2) is 4.79 Å². The lowest BCUT2D eigenvalue weighted by Gasteiger charge is -2.31. The highest BCUT2D eigenvalue weighted by atomic mass is 16.6. The maximum Gasteiger partial charge on any atom is 0.409 e. The number of hydrogen-bond donors (Lipinski definition) is 1. The van der Waals surface area contributed by atoms with Gasteiger partial charge in [0.2, 0.25) is 5.91 Å². The average Bonchev–Trinajstić information content (AvgIpc) is 2.71. The first kappa shape index (κ1) is 22.3. The van der Waals surface area contributed by atoms with Crippen molar-refractivity contribution in [1.82, 2.24) is 19.4 Å². The van der Waals surface area contributed by atoms with Gasteiger partial charge < -0.3 is 15.0 Å². The van der Waals surface area contributed by atoms with Crippen LogP contribution in [0.15, 0.2) is 40.2 Å². The maximum absolute atomic E-state index is 12.6. The van der Waals surface area contributed by atoms with E-state index in [9.17, 15) is 19.2 Å². The Hall–Kier alpha value is -3.36. The number of benzene rings is 1. The Kier molecular flexibility index (Phi) is 6.94. The van der Waals surface area contributed by atoms with Gasteiger partial charge in [-0.2, -0.15) is 0 Å². The molecule has 2 heterocycles. The third kappa shape index (κ3) is 5.42. The highest BCUT2D eigenvalue weighted by Crippen LogP contribution is 2.12. The summed E-state index contributed by atoms with van der Waals surface area (Å²) in [4.78, 5) is 50.9. The molecule has 1 fully saturated rings. The van der Waals surface area contributed by atoms with Gasteiger partial charge in [-0.05, 0) is 56.9 Å². The molecule has 1 saturated heterocycles. The Morgan fingerprint density at radius 1 is 1.03 bits per heavy atom. The monoisotopic (exact) mass is 428 g/mol. The van der Waals surface area contributed by atoms with Crippen molar-refractivity contribution in [2.24, 2.45) is 0 Å². The van der Waals surface area contributed by atoms with Crippen LogP contribution in [0.2, 0.25) is 0 Å². The largest absolute Gasteiger partial charge is 0.450 e. The predicted molar refractivity (Wildman–Crippen MR) is 116 cm³/mol. The molecule has 2 amide bonds. The minimum Gasteiger partial charge on any atom is -0.450 e. The molecule has 2 aromatic rings. The van der Waals surface area contributed by atoms with Crippen molar-refractivity contribution in [3.05, 3.63) is 62.4 Å². The Morgan fingerprint density at radius 3 is 2.29 bits per heavy atom. The molecular formula is C22H28N4O5. The van der Waals surface area contributed by atoms with E-state index in [-0.39, 0.29) is 24.6 Å². The van der Waals surface area contributed by atoms with E-state index in [4.69, 9.17) is 4.74 Å². The van der Waals surface area contributed by atoms with Crippen molar-refractivity contribution in [3.63, 3.8) is 0 Å². The molecule has 9 nitrogen and oxygen atoms in total. The number of ether oxygens (including phenoxy) is 1. The van der Waals surface area contributed by atoms with Gasteiger partial charge in [0.1, 0.15) is 6.54 Å². The van der Waals surface area contributed by atoms with Crippen LogP contribution in [0.25, 0.3) is 5.69 Å². The number of hydrogen-bond acceptors (Lipinski definition) is 5. The molecule has 166 valence electrons. The summed E-state index contributed by atoms with van der Waals surface area (Å²) in [5.41, 5.74) is 1.13. The number of aromatic nitrogens is 2. The van der Waals surface area contributed by atoms with Crippen LogP contribution in [0.3, 0.4) is 0 Å². The predicted octanol–water partition coefficient (Wildman–Crippen LogP) is 1.35. The van der Waals surface area contributed by atoms with Crippen LogP contribution < -0.4 is 16.4 Å². The number of nitrogens with zero attached hydrogens (tertiary/aromatic N) is 3. The SMILES string of the molecule is CCOC(=O)N1CCC(NC(=O)Cn2ccn(-c3cc(C)cc(C)c3)c(=O)c2=O)CC1. The molecule has 0 bridgehead atoms. The smallest absolute Gasteiger partial charge is 0.409 e. The lowest BCUT2D eigenvalue weighted by atomic mass is 10.1. The third-order valence-electron chi connectivity index (χ3n) is 5.24. The number of likely N-dealkylation sites (tertiary alicyclic amines) is 1. The summed E-state index contributed by atoms with van der Waals surface area (Å²) in [5, 5.41) is 2.88. The summed E-state index contributed by atoms with van der Waals surface area (Å²) in [6.07, 6.45) is 3.82. The van der Waals surface area contributed by atoms with Crippen LogP contribution in [-0.4, -0.2) is 51.8 Å². The molecule has 9 heteroatoms. The van der Waals surface area contributed by atoms with E-state index >= 15 is 0 Å². The molecule has 1 N–H and O–H groups in total. The second-order valence-corrected chi connectivity index (χ2v) is 7.78. The second-order valence-electron chi connectivity index (χ2n) is 7.78. The van der Waals surface area contributed by atoms with Crippen molar-refractivity contribution >= 4 is 12.0 Å². The molecule has 0 unspecified atom stereocenters. The quantitative estimate of drug-likeness (QED) is 0.725. The molecule has 1 aliphatic rings. The fourth-order valence-electron chi connectivity index (χ4n) is 3.78. The standard InChI is InChI=1S/C22H28N4O5/c1-4-31-22(30)24-7-5-17(6-8-24)23-19(27)14-25-9-10-26(21(29)20(25)28)18-12-15(2)11-16(3)13-18/h9-13,17H,4-8,14H2,1-3H3,(H,23,27). The number of aryl methyl sites for hydroxylation is 2. The minimum atomic E-state index is -0.756. The topological polar surface area (TPSA) is 103 Å². The van der Waals surface area contributed by atoms with Gasteiger partial charge in [0.05, 0.1) is 6.61 Å². The van der Waals surface area contributed by atoms with Crippen LogP contribution in [0.4, 0.5) is 4.79 Å². The highest BCUT2D eigenvalue weighted by Gasteiger charge is 2.24. The fourth-order valence-corrected chi connectivity index (χ4v) is 3.78. The molecule has 0 atom stereocenters. The number of piperidine rings is 1. The lowest BCUT2D eigenvalue weighted by Crippen LogP contribution is -2.48. The summed E-state index contributed by atoms with van der Waals surface area (Å²) < 4.78 is 7.39. The fraction of sp³-hybridized carbons (Fsp3) is 0.455. The van der Waals surface area contributed by atoms with Gasteiger partial charge in [0.15, 0.2) is 0 Å². The van der Waals surface area contributed by atoms with E-state index in [2.05, 4.69) is 5.32 Å². The molecular weight excluding hydrogens is 400 g/mol. The number of carbonyl (C=O) groups excluding carboxylic acids is 2. The molecule has 0 aliphatic carbocycles. The molecule has 1 aromatic heterocycles. The highest BCUT2D eigenvalue weighted by molar-refractivity contribution is 5.76. The number of nitrogens with one attached hydrogen (secondary N) is 1. The summed E-state index contributed by atoms with van der Waals surface area (Å²) in [5.74, 6) is -0.347. The zero-order valence-electron chi connectivity index (χ0n) is 18.1. The van der Waals surface area contributed by atoms with E-state index in [0.29, 0.717) is 38.2 Å². The molecule has 31 heavy (non-hydrogen) atoms. The molecule has 0 radical (unpaired) electrons. The van der Waals surface area contributed by atoms with Gasteiger partial charge in [-0.1, -0.05) is 6.07 Å². The Balaban J connectivity index is 1.64. The van der Waals surface area contributed by atoms with Crippen molar-refractivity contribution in [2.45, 2.75) is 46.2 Å². The van der Waals surface area contributed by atoms with E-state index < -0.39 is 11.1 Å². The van der Waals surface area contributed by atoms with E-state index in [1.807, 2.05) is 32.0 Å². The molecule has 1 aliphatic heterocycles. The number of amides is 2. The zero-order chi connectivity index (χ0) is 22.5. The molecule has 0 saturated carbocycles. The molecule has 1 aromatic carbocycles. The average molecular weight is 428 g/mol. The van der Waals surface area contributed by atoms with Crippen LogP contribution >= 0.6 is 0 Å². The van der Waals surface area contributed by atoms with Crippen LogP contribution in [0, 0.1) is 13.8 Å². The maximum atomic E-state index is 12.6. The van der Waals surface area contributed by atoms with Gasteiger partial charge in [-0.15, -0.1) is 0 Å². The Morgan fingerprint density at radius 2 is 1.68 bits per heavy atom. The summed E-state index contributed by atoms with van der Waals surface area (Å²) in [6, 6.07) is 5.54. The zero-order valence-corrected chi connectivity index (χ0v) is 18.1. The Labute approximate surface area is 180 Å². The summed E-state index contributed by atoms with van der Waals surface area (Å²) in [6.45, 7) is 6.68. The van der Waals surface area contributed by atoms with Crippen LogP contribution in [0.1, 0.15) is 30.9 Å². The van der Waals surface area contributed by atoms with Crippen molar-refractivity contribution in [2.75, 3.05) is 19.7 Å². The lowest BCUT2D eigenvalue weighted by molar-refractivity contribution is -0.122. The normalized spacial score (nSPS) is 14.4. The van der Waals surface area contributed by atoms with Crippen LogP contribution in [0.5, 0.6) is 0 Å². The van der Waals surface area contributed by atoms with Gasteiger partial charge in [-0.3, -0.25) is 23.5 Å². The third-order valence-corrected chi connectivity index (χ3v) is 5.24. The minimum absolute atomic E-state index is 0.0930. The molecule has 3 rings (SSSR count). The van der Waals surface area contributed by atoms with E-state index in [1.54, 1.807) is 11.8 Å². The first-order chi connectivity index (χ1) is 14.8. The van der Waals surface area contributed by atoms with E-state index in [0.717, 1.165) is 15.7 Å². The first-order valence-corrected chi connectivity index (χ1v) is 10.4. The van der Waals surface area contributed by atoms with Gasteiger partial charge in [0, 0.05) is 37.2 Å².